The summed E-state index contributed by atoms with van der Waals surface area (Å²) < 4.78 is 11.6. The molecule has 6 atom stereocenters. The summed E-state index contributed by atoms with van der Waals surface area (Å²) in [4.78, 5) is 42.3. The van der Waals surface area contributed by atoms with Crippen LogP contribution in [-0.4, -0.2) is 67.7 Å². The van der Waals surface area contributed by atoms with Crippen molar-refractivity contribution in [2.24, 2.45) is 17.8 Å². The van der Waals surface area contributed by atoms with Crippen LogP contribution >= 0.6 is 0 Å². The maximum Gasteiger partial charge on any atom is 0.243 e. The summed E-state index contributed by atoms with van der Waals surface area (Å²) in [5.74, 6) is -0.464. The SMILES string of the molecule is COC(CC(=O)N1CCCC1C(OC)C(C)C(=O)N[C@@H](Cc1ccccc1)C(=O)NCc1ccccc1)C(C)C(C)C. The van der Waals surface area contributed by atoms with E-state index in [1.54, 1.807) is 14.2 Å². The Hall–Kier alpha value is -3.23. The van der Waals surface area contributed by atoms with E-state index in [1.807, 2.05) is 72.5 Å². The molecule has 42 heavy (non-hydrogen) atoms. The molecular weight excluding hydrogens is 530 g/mol. The number of nitrogens with one attached hydrogen (secondary N) is 2. The molecule has 5 unspecified atom stereocenters. The average molecular weight is 580 g/mol. The number of benzene rings is 2. The van der Waals surface area contributed by atoms with Crippen molar-refractivity contribution in [3.63, 3.8) is 0 Å². The van der Waals surface area contributed by atoms with Crippen molar-refractivity contribution < 1.29 is 23.9 Å². The Morgan fingerprint density at radius 3 is 2.07 bits per heavy atom. The zero-order valence-corrected chi connectivity index (χ0v) is 26.0. The Morgan fingerprint density at radius 2 is 1.50 bits per heavy atom. The van der Waals surface area contributed by atoms with Crippen LogP contribution < -0.4 is 10.6 Å². The highest BCUT2D eigenvalue weighted by molar-refractivity contribution is 5.89. The molecule has 2 aromatic carbocycles. The monoisotopic (exact) mass is 579 g/mol. The minimum atomic E-state index is -0.759. The molecule has 1 aliphatic rings. The predicted octanol–water partition coefficient (Wildman–Crippen LogP) is 4.37. The summed E-state index contributed by atoms with van der Waals surface area (Å²) in [5, 5.41) is 5.97. The summed E-state index contributed by atoms with van der Waals surface area (Å²) in [6.07, 6.45) is 1.57. The lowest BCUT2D eigenvalue weighted by Gasteiger charge is -2.35. The molecule has 0 spiro atoms. The van der Waals surface area contributed by atoms with Crippen molar-refractivity contribution in [2.45, 2.75) is 84.2 Å². The number of methoxy groups -OCH3 is 2. The van der Waals surface area contributed by atoms with E-state index < -0.39 is 18.1 Å². The second kappa shape index (κ2) is 16.4. The van der Waals surface area contributed by atoms with E-state index >= 15 is 0 Å². The molecule has 0 saturated carbocycles. The second-order valence-corrected chi connectivity index (χ2v) is 11.8. The van der Waals surface area contributed by atoms with E-state index in [-0.39, 0.29) is 35.8 Å². The molecular formula is C34H49N3O5. The van der Waals surface area contributed by atoms with Gasteiger partial charge < -0.3 is 25.0 Å². The minimum Gasteiger partial charge on any atom is -0.381 e. The molecule has 3 amide bonds. The molecule has 2 N–H and O–H groups in total. The van der Waals surface area contributed by atoms with Crippen molar-refractivity contribution in [2.75, 3.05) is 20.8 Å². The maximum absolute atomic E-state index is 13.6. The quantitative estimate of drug-likeness (QED) is 0.327. The molecule has 1 heterocycles. The third-order valence-corrected chi connectivity index (χ3v) is 8.72. The van der Waals surface area contributed by atoms with Crippen molar-refractivity contribution in [1.82, 2.24) is 15.5 Å². The molecule has 2 aromatic rings. The highest BCUT2D eigenvalue weighted by Gasteiger charge is 2.41. The first-order valence-corrected chi connectivity index (χ1v) is 15.2. The first-order chi connectivity index (χ1) is 20.2. The number of ether oxygens (including phenoxy) is 2. The van der Waals surface area contributed by atoms with Crippen molar-refractivity contribution in [1.29, 1.82) is 0 Å². The highest BCUT2D eigenvalue weighted by Crippen LogP contribution is 2.29. The van der Waals surface area contributed by atoms with Crippen molar-refractivity contribution in [3.05, 3.63) is 71.8 Å². The molecule has 0 aromatic heterocycles. The van der Waals surface area contributed by atoms with Gasteiger partial charge in [0, 0.05) is 33.7 Å². The number of nitrogens with zero attached hydrogens (tertiary/aromatic N) is 1. The van der Waals surface area contributed by atoms with E-state index in [2.05, 4.69) is 31.4 Å². The van der Waals surface area contributed by atoms with Crippen LogP contribution in [0.1, 0.15) is 58.1 Å². The molecule has 1 saturated heterocycles. The number of carbonyl (C=O) groups is 3. The molecule has 0 radical (unpaired) electrons. The first-order valence-electron chi connectivity index (χ1n) is 15.2. The van der Waals surface area contributed by atoms with Gasteiger partial charge in [0.15, 0.2) is 0 Å². The summed E-state index contributed by atoms with van der Waals surface area (Å²) in [6, 6.07) is 18.3. The third kappa shape index (κ3) is 9.13. The van der Waals surface area contributed by atoms with Gasteiger partial charge in [-0.05, 0) is 35.8 Å². The van der Waals surface area contributed by atoms with Gasteiger partial charge in [-0.3, -0.25) is 14.4 Å². The third-order valence-electron chi connectivity index (χ3n) is 8.72. The Bertz CT molecular complexity index is 1130. The Labute approximate surface area is 251 Å². The Balaban J connectivity index is 1.71. The average Bonchev–Trinajstić information content (AvgIpc) is 3.49. The van der Waals surface area contributed by atoms with E-state index in [9.17, 15) is 14.4 Å². The molecule has 0 bridgehead atoms. The number of hydrogen-bond acceptors (Lipinski definition) is 5. The highest BCUT2D eigenvalue weighted by atomic mass is 16.5. The van der Waals surface area contributed by atoms with Crippen LogP contribution in [0.3, 0.4) is 0 Å². The van der Waals surface area contributed by atoms with Gasteiger partial charge >= 0.3 is 0 Å². The normalized spacial score (nSPS) is 18.6. The summed E-state index contributed by atoms with van der Waals surface area (Å²) in [6.45, 7) is 9.18. The minimum absolute atomic E-state index is 0.0220. The predicted molar refractivity (Wildman–Crippen MR) is 164 cm³/mol. The standard InChI is InChI=1S/C34H49N3O5/c1-23(2)24(3)30(41-5)21-31(38)37-19-13-18-29(37)32(42-6)25(4)33(39)36-28(20-26-14-9-7-10-15-26)34(40)35-22-27-16-11-8-12-17-27/h7-12,14-17,23-25,28-30,32H,13,18-22H2,1-6H3,(H,35,40)(H,36,39)/t24?,25?,28-,29?,30?,32?/m0/s1. The van der Waals surface area contributed by atoms with E-state index in [4.69, 9.17) is 9.47 Å². The van der Waals surface area contributed by atoms with Crippen LogP contribution in [0.15, 0.2) is 60.7 Å². The lowest BCUT2D eigenvalue weighted by Crippen LogP contribution is -2.54. The van der Waals surface area contributed by atoms with Gasteiger partial charge in [0.05, 0.1) is 30.6 Å². The topological polar surface area (TPSA) is 97.0 Å². The van der Waals surface area contributed by atoms with Crippen molar-refractivity contribution >= 4 is 17.7 Å². The Kier molecular flexibility index (Phi) is 13.0. The largest absolute Gasteiger partial charge is 0.381 e. The van der Waals surface area contributed by atoms with Gasteiger partial charge in [-0.15, -0.1) is 0 Å². The van der Waals surface area contributed by atoms with Crippen LogP contribution in [-0.2, 0) is 36.8 Å². The van der Waals surface area contributed by atoms with Crippen LogP contribution in [0.25, 0.3) is 0 Å². The lowest BCUT2D eigenvalue weighted by atomic mass is 9.89. The number of hydrogen-bond donors (Lipinski definition) is 2. The van der Waals surface area contributed by atoms with Crippen LogP contribution in [0.2, 0.25) is 0 Å². The summed E-state index contributed by atoms with van der Waals surface area (Å²) >= 11 is 0. The fraction of sp³-hybridized carbons (Fsp3) is 0.559. The fourth-order valence-electron chi connectivity index (χ4n) is 5.76. The second-order valence-electron chi connectivity index (χ2n) is 11.8. The molecule has 0 aliphatic carbocycles. The molecule has 230 valence electrons. The zero-order chi connectivity index (χ0) is 30.6. The summed E-state index contributed by atoms with van der Waals surface area (Å²) in [7, 11) is 3.24. The zero-order valence-electron chi connectivity index (χ0n) is 26.0. The van der Waals surface area contributed by atoms with E-state index in [0.717, 1.165) is 24.0 Å². The first kappa shape index (κ1) is 33.3. The fourth-order valence-corrected chi connectivity index (χ4v) is 5.76. The van der Waals surface area contributed by atoms with Gasteiger partial charge in [-0.2, -0.15) is 0 Å². The van der Waals surface area contributed by atoms with Crippen molar-refractivity contribution in [3.8, 4) is 0 Å². The van der Waals surface area contributed by atoms with Gasteiger partial charge in [0.1, 0.15) is 6.04 Å². The molecule has 3 rings (SSSR count). The van der Waals surface area contributed by atoms with Crippen LogP contribution in [0.4, 0.5) is 0 Å². The van der Waals surface area contributed by atoms with Gasteiger partial charge in [0.25, 0.3) is 0 Å². The van der Waals surface area contributed by atoms with E-state index in [1.165, 1.54) is 0 Å². The smallest absolute Gasteiger partial charge is 0.243 e. The number of amides is 3. The van der Waals surface area contributed by atoms with Crippen LogP contribution in [0.5, 0.6) is 0 Å². The maximum atomic E-state index is 13.6. The number of carbonyl (C=O) groups excluding carboxylic acids is 3. The van der Waals surface area contributed by atoms with Gasteiger partial charge in [0.2, 0.25) is 17.7 Å². The molecule has 1 aliphatic heterocycles. The van der Waals surface area contributed by atoms with Gasteiger partial charge in [-0.1, -0.05) is 88.4 Å². The molecule has 8 heteroatoms. The Morgan fingerprint density at radius 1 is 0.881 bits per heavy atom. The van der Waals surface area contributed by atoms with Gasteiger partial charge in [-0.25, -0.2) is 0 Å². The molecule has 8 nitrogen and oxygen atoms in total. The molecule has 1 fully saturated rings. The number of rotatable bonds is 15. The van der Waals surface area contributed by atoms with E-state index in [0.29, 0.717) is 31.8 Å². The number of likely N-dealkylation sites (tertiary alicyclic amines) is 1. The summed E-state index contributed by atoms with van der Waals surface area (Å²) in [5.41, 5.74) is 1.93. The van der Waals surface area contributed by atoms with Crippen LogP contribution in [0, 0.1) is 17.8 Å². The lowest BCUT2D eigenvalue weighted by molar-refractivity contribution is -0.143.